The van der Waals surface area contributed by atoms with Gasteiger partial charge in [0.15, 0.2) is 11.2 Å². The van der Waals surface area contributed by atoms with Crippen molar-refractivity contribution in [2.75, 3.05) is 0 Å². The molecule has 0 saturated carbocycles. The highest BCUT2D eigenvalue weighted by Crippen LogP contribution is 2.10. The molecule has 0 spiro atoms. The molecule has 6 heteroatoms. The molecule has 6 nitrogen and oxygen atoms in total. The number of aryl methyl sites for hydroxylation is 2. The van der Waals surface area contributed by atoms with E-state index in [2.05, 4.69) is 18.8 Å². The van der Waals surface area contributed by atoms with Crippen LogP contribution in [0.15, 0.2) is 46.2 Å². The number of aromatic nitrogens is 4. The van der Waals surface area contributed by atoms with Gasteiger partial charge in [-0.3, -0.25) is 13.9 Å². The van der Waals surface area contributed by atoms with E-state index in [4.69, 9.17) is 0 Å². The first-order valence-electron chi connectivity index (χ1n) is 9.39. The van der Waals surface area contributed by atoms with Crippen molar-refractivity contribution < 1.29 is 0 Å². The number of hydrogen-bond donors (Lipinski definition) is 0. The molecule has 0 atom stereocenters. The molecule has 0 aliphatic heterocycles. The van der Waals surface area contributed by atoms with Gasteiger partial charge in [0.25, 0.3) is 5.56 Å². The SMILES string of the molecule is CCCCn1cnc2c1c(=O)n(Cc1ccccc1)c(=O)n2CCCC. The normalized spacial score (nSPS) is 11.3. The first-order valence-corrected chi connectivity index (χ1v) is 9.39. The molecule has 0 amide bonds. The summed E-state index contributed by atoms with van der Waals surface area (Å²) in [5.74, 6) is 0. The largest absolute Gasteiger partial charge is 0.333 e. The van der Waals surface area contributed by atoms with Gasteiger partial charge >= 0.3 is 5.69 Å². The molecule has 3 aromatic rings. The molecule has 0 N–H and O–H groups in total. The molecule has 0 radical (unpaired) electrons. The van der Waals surface area contributed by atoms with E-state index in [1.165, 1.54) is 4.57 Å². The molecule has 0 saturated heterocycles. The highest BCUT2D eigenvalue weighted by atomic mass is 16.2. The predicted octanol–water partition coefficient (Wildman–Crippen LogP) is 3.01. The van der Waals surface area contributed by atoms with Gasteiger partial charge in [-0.25, -0.2) is 9.78 Å². The third kappa shape index (κ3) is 3.49. The number of imidazole rings is 1. The van der Waals surface area contributed by atoms with Gasteiger partial charge in [0, 0.05) is 13.1 Å². The summed E-state index contributed by atoms with van der Waals surface area (Å²) in [6.07, 6.45) is 5.55. The van der Waals surface area contributed by atoms with Crippen LogP contribution in [0.25, 0.3) is 11.2 Å². The summed E-state index contributed by atoms with van der Waals surface area (Å²) in [6.45, 7) is 5.79. The van der Waals surface area contributed by atoms with Crippen LogP contribution in [-0.2, 0) is 19.6 Å². The zero-order valence-electron chi connectivity index (χ0n) is 15.5. The predicted molar refractivity (Wildman–Crippen MR) is 104 cm³/mol. The Balaban J connectivity index is 2.19. The van der Waals surface area contributed by atoms with Crippen LogP contribution in [0.3, 0.4) is 0 Å². The fourth-order valence-corrected chi connectivity index (χ4v) is 3.16. The third-order valence-electron chi connectivity index (χ3n) is 4.65. The fourth-order valence-electron chi connectivity index (χ4n) is 3.16. The van der Waals surface area contributed by atoms with Gasteiger partial charge in [-0.2, -0.15) is 0 Å². The average molecular weight is 354 g/mol. The molecule has 0 aliphatic carbocycles. The van der Waals surface area contributed by atoms with E-state index in [9.17, 15) is 9.59 Å². The van der Waals surface area contributed by atoms with Gasteiger partial charge in [-0.15, -0.1) is 0 Å². The van der Waals surface area contributed by atoms with Gasteiger partial charge in [-0.05, 0) is 18.4 Å². The Labute approximate surface area is 152 Å². The van der Waals surface area contributed by atoms with Crippen molar-refractivity contribution in [1.82, 2.24) is 18.7 Å². The molecular formula is C20H26N4O2. The van der Waals surface area contributed by atoms with Crippen molar-refractivity contribution in [3.05, 3.63) is 63.1 Å². The maximum atomic E-state index is 13.1. The third-order valence-corrected chi connectivity index (χ3v) is 4.65. The summed E-state index contributed by atoms with van der Waals surface area (Å²) in [6, 6.07) is 9.62. The topological polar surface area (TPSA) is 61.8 Å². The zero-order valence-corrected chi connectivity index (χ0v) is 15.5. The van der Waals surface area contributed by atoms with Gasteiger partial charge < -0.3 is 4.57 Å². The number of benzene rings is 1. The van der Waals surface area contributed by atoms with Crippen molar-refractivity contribution in [2.24, 2.45) is 0 Å². The highest BCUT2D eigenvalue weighted by molar-refractivity contribution is 5.70. The van der Waals surface area contributed by atoms with E-state index in [-0.39, 0.29) is 17.8 Å². The van der Waals surface area contributed by atoms with Crippen molar-refractivity contribution in [3.8, 4) is 0 Å². The molecule has 0 bridgehead atoms. The van der Waals surface area contributed by atoms with Gasteiger partial charge in [0.2, 0.25) is 0 Å². The lowest BCUT2D eigenvalue weighted by Gasteiger charge is -2.12. The van der Waals surface area contributed by atoms with Crippen LogP contribution in [0.2, 0.25) is 0 Å². The number of nitrogens with zero attached hydrogens (tertiary/aromatic N) is 4. The number of fused-ring (bicyclic) bond motifs is 1. The molecule has 1 aromatic carbocycles. The Morgan fingerprint density at radius 3 is 2.31 bits per heavy atom. The Bertz CT molecular complexity index is 983. The summed E-state index contributed by atoms with van der Waals surface area (Å²) in [4.78, 5) is 30.5. The fraction of sp³-hybridized carbons (Fsp3) is 0.450. The number of rotatable bonds is 8. The van der Waals surface area contributed by atoms with Gasteiger partial charge in [-0.1, -0.05) is 57.0 Å². The van der Waals surface area contributed by atoms with E-state index >= 15 is 0 Å². The van der Waals surface area contributed by atoms with Crippen molar-refractivity contribution in [3.63, 3.8) is 0 Å². The van der Waals surface area contributed by atoms with Crippen LogP contribution in [0.5, 0.6) is 0 Å². The summed E-state index contributed by atoms with van der Waals surface area (Å²) >= 11 is 0. The minimum Gasteiger partial charge on any atom is -0.325 e. The van der Waals surface area contributed by atoms with E-state index in [0.29, 0.717) is 17.7 Å². The standard InChI is InChI=1S/C20H26N4O2/c1-3-5-12-22-15-21-18-17(22)19(25)24(14-16-10-8-7-9-11-16)20(26)23(18)13-6-4-2/h7-11,15H,3-6,12-14H2,1-2H3. The molecule has 0 aliphatic rings. The van der Waals surface area contributed by atoms with Crippen LogP contribution < -0.4 is 11.2 Å². The smallest absolute Gasteiger partial charge is 0.325 e. The maximum Gasteiger partial charge on any atom is 0.333 e. The molecule has 3 rings (SSSR count). The quantitative estimate of drug-likeness (QED) is 0.625. The highest BCUT2D eigenvalue weighted by Gasteiger charge is 2.17. The van der Waals surface area contributed by atoms with Crippen LogP contribution in [0.1, 0.15) is 45.1 Å². The van der Waals surface area contributed by atoms with Crippen molar-refractivity contribution in [1.29, 1.82) is 0 Å². The van der Waals surface area contributed by atoms with Crippen LogP contribution >= 0.6 is 0 Å². The molecule has 2 heterocycles. The molecule has 26 heavy (non-hydrogen) atoms. The molecule has 0 unspecified atom stereocenters. The van der Waals surface area contributed by atoms with Crippen LogP contribution in [0.4, 0.5) is 0 Å². The second-order valence-corrected chi connectivity index (χ2v) is 6.63. The molecule has 138 valence electrons. The first-order chi connectivity index (χ1) is 12.7. The minimum atomic E-state index is -0.277. The Morgan fingerprint density at radius 2 is 1.62 bits per heavy atom. The first kappa shape index (κ1) is 18.2. The monoisotopic (exact) mass is 354 g/mol. The lowest BCUT2D eigenvalue weighted by atomic mass is 10.2. The average Bonchev–Trinajstić information content (AvgIpc) is 3.08. The van der Waals surface area contributed by atoms with Gasteiger partial charge in [0.05, 0.1) is 12.9 Å². The second kappa shape index (κ2) is 8.17. The summed E-state index contributed by atoms with van der Waals surface area (Å²) in [5, 5.41) is 0. The Morgan fingerprint density at radius 1 is 0.923 bits per heavy atom. The van der Waals surface area contributed by atoms with Crippen molar-refractivity contribution >= 4 is 11.2 Å². The van der Waals surface area contributed by atoms with Crippen LogP contribution in [-0.4, -0.2) is 18.7 Å². The Hall–Kier alpha value is -2.63. The number of hydrogen-bond acceptors (Lipinski definition) is 3. The van der Waals surface area contributed by atoms with E-state index in [1.54, 1.807) is 10.9 Å². The maximum absolute atomic E-state index is 13.1. The van der Waals surface area contributed by atoms with Gasteiger partial charge in [0.1, 0.15) is 0 Å². The summed E-state index contributed by atoms with van der Waals surface area (Å²) < 4.78 is 4.90. The number of unbranched alkanes of at least 4 members (excludes halogenated alkanes) is 2. The lowest BCUT2D eigenvalue weighted by Crippen LogP contribution is -2.41. The Kier molecular flexibility index (Phi) is 5.71. The summed E-state index contributed by atoms with van der Waals surface area (Å²) in [7, 11) is 0. The molecule has 0 fully saturated rings. The minimum absolute atomic E-state index is 0.254. The molecular weight excluding hydrogens is 328 g/mol. The summed E-state index contributed by atoms with van der Waals surface area (Å²) in [5.41, 5.74) is 1.45. The lowest BCUT2D eigenvalue weighted by molar-refractivity contribution is 0.566. The van der Waals surface area contributed by atoms with E-state index < -0.39 is 0 Å². The second-order valence-electron chi connectivity index (χ2n) is 6.63. The zero-order chi connectivity index (χ0) is 18.5. The molecule has 2 aromatic heterocycles. The van der Waals surface area contributed by atoms with E-state index in [1.807, 2.05) is 34.9 Å². The van der Waals surface area contributed by atoms with Crippen molar-refractivity contribution in [2.45, 2.75) is 59.2 Å². The van der Waals surface area contributed by atoms with E-state index in [0.717, 1.165) is 37.8 Å². The van der Waals surface area contributed by atoms with Crippen LogP contribution in [0, 0.1) is 0 Å².